The molecule has 4 heteroatoms. The van der Waals surface area contributed by atoms with Crippen molar-refractivity contribution >= 4 is 15.9 Å². The van der Waals surface area contributed by atoms with Gasteiger partial charge in [-0.3, -0.25) is 4.68 Å². The third-order valence-corrected chi connectivity index (χ3v) is 4.69. The van der Waals surface area contributed by atoms with E-state index in [0.29, 0.717) is 5.92 Å². The Hall–Kier alpha value is -1.13. The second kappa shape index (κ2) is 7.23. The highest BCUT2D eigenvalue weighted by atomic mass is 79.9. The maximum absolute atomic E-state index is 4.74. The van der Waals surface area contributed by atoms with Crippen LogP contribution in [0.5, 0.6) is 0 Å². The molecule has 0 bridgehead atoms. The highest BCUT2D eigenvalue weighted by molar-refractivity contribution is 9.10. The Balaban J connectivity index is 2.21. The smallest absolute Gasteiger partial charge is 0.0673 e. The SMILES string of the molecule is CNCC(C)Cc1c(C)nn(Cc2ccccc2Br)c1C. The molecule has 1 unspecified atom stereocenters. The molecule has 0 fully saturated rings. The van der Waals surface area contributed by atoms with Crippen LogP contribution in [0, 0.1) is 19.8 Å². The molecule has 0 spiro atoms. The number of rotatable bonds is 6. The summed E-state index contributed by atoms with van der Waals surface area (Å²) in [5, 5.41) is 7.98. The Morgan fingerprint density at radius 3 is 2.67 bits per heavy atom. The van der Waals surface area contributed by atoms with Gasteiger partial charge in [0.1, 0.15) is 0 Å². The van der Waals surface area contributed by atoms with Crippen molar-refractivity contribution in [1.82, 2.24) is 15.1 Å². The predicted molar refractivity (Wildman–Crippen MR) is 91.7 cm³/mol. The predicted octanol–water partition coefficient (Wildman–Crippen LogP) is 3.71. The first kappa shape index (κ1) is 16.2. The Morgan fingerprint density at radius 1 is 1.29 bits per heavy atom. The fraction of sp³-hybridized carbons (Fsp3) is 0.471. The molecule has 1 atom stereocenters. The number of aryl methyl sites for hydroxylation is 1. The summed E-state index contributed by atoms with van der Waals surface area (Å²) >= 11 is 3.62. The number of benzene rings is 1. The molecular weight excluding hydrogens is 326 g/mol. The van der Waals surface area contributed by atoms with Crippen LogP contribution in [0.4, 0.5) is 0 Å². The van der Waals surface area contributed by atoms with E-state index < -0.39 is 0 Å². The Morgan fingerprint density at radius 2 is 2.00 bits per heavy atom. The van der Waals surface area contributed by atoms with Crippen LogP contribution in [0.25, 0.3) is 0 Å². The van der Waals surface area contributed by atoms with Gasteiger partial charge in [-0.15, -0.1) is 0 Å². The van der Waals surface area contributed by atoms with Gasteiger partial charge in [0.2, 0.25) is 0 Å². The Labute approximate surface area is 135 Å². The molecule has 1 heterocycles. The molecule has 2 aromatic rings. The zero-order valence-corrected chi connectivity index (χ0v) is 14.9. The van der Waals surface area contributed by atoms with Gasteiger partial charge in [-0.25, -0.2) is 0 Å². The molecule has 0 saturated heterocycles. The molecule has 0 aliphatic heterocycles. The maximum atomic E-state index is 4.74. The van der Waals surface area contributed by atoms with E-state index >= 15 is 0 Å². The number of nitrogens with one attached hydrogen (secondary N) is 1. The number of halogens is 1. The van der Waals surface area contributed by atoms with Crippen molar-refractivity contribution in [3.63, 3.8) is 0 Å². The lowest BCUT2D eigenvalue weighted by atomic mass is 9.99. The van der Waals surface area contributed by atoms with Crippen LogP contribution in [0.3, 0.4) is 0 Å². The lowest BCUT2D eigenvalue weighted by Gasteiger charge is -2.11. The van der Waals surface area contributed by atoms with Gasteiger partial charge >= 0.3 is 0 Å². The number of hydrogen-bond acceptors (Lipinski definition) is 2. The van der Waals surface area contributed by atoms with Crippen LogP contribution in [0.1, 0.15) is 29.4 Å². The summed E-state index contributed by atoms with van der Waals surface area (Å²) < 4.78 is 3.26. The van der Waals surface area contributed by atoms with Crippen molar-refractivity contribution in [2.45, 2.75) is 33.7 Å². The fourth-order valence-electron chi connectivity index (χ4n) is 2.74. The largest absolute Gasteiger partial charge is 0.319 e. The minimum atomic E-state index is 0.619. The summed E-state index contributed by atoms with van der Waals surface area (Å²) in [4.78, 5) is 0. The quantitative estimate of drug-likeness (QED) is 0.861. The minimum absolute atomic E-state index is 0.619. The van der Waals surface area contributed by atoms with Gasteiger partial charge in [0.15, 0.2) is 0 Å². The minimum Gasteiger partial charge on any atom is -0.319 e. The topological polar surface area (TPSA) is 29.9 Å². The normalized spacial score (nSPS) is 12.6. The van der Waals surface area contributed by atoms with Crippen LogP contribution < -0.4 is 5.32 Å². The standard InChI is InChI=1S/C17H24BrN3/c1-12(10-19-4)9-16-13(2)20-21(14(16)3)11-15-7-5-6-8-17(15)18/h5-8,12,19H,9-11H2,1-4H3. The number of nitrogens with zero attached hydrogens (tertiary/aromatic N) is 2. The van der Waals surface area contributed by atoms with Crippen molar-refractivity contribution in [3.8, 4) is 0 Å². The molecular formula is C17H24BrN3. The summed E-state index contributed by atoms with van der Waals surface area (Å²) in [6, 6.07) is 8.34. The highest BCUT2D eigenvalue weighted by Gasteiger charge is 2.14. The van der Waals surface area contributed by atoms with Gasteiger partial charge < -0.3 is 5.32 Å². The molecule has 1 aromatic carbocycles. The van der Waals surface area contributed by atoms with Crippen LogP contribution in [0.2, 0.25) is 0 Å². The first-order chi connectivity index (χ1) is 10.0. The molecule has 1 aromatic heterocycles. The zero-order chi connectivity index (χ0) is 15.4. The molecule has 0 aliphatic carbocycles. The third kappa shape index (κ3) is 3.95. The summed E-state index contributed by atoms with van der Waals surface area (Å²) in [6.45, 7) is 8.42. The van der Waals surface area contributed by atoms with Gasteiger partial charge in [-0.1, -0.05) is 41.1 Å². The summed E-state index contributed by atoms with van der Waals surface area (Å²) in [5.74, 6) is 0.619. The second-order valence-electron chi connectivity index (χ2n) is 5.77. The third-order valence-electron chi connectivity index (χ3n) is 3.91. The van der Waals surface area contributed by atoms with E-state index in [4.69, 9.17) is 5.10 Å². The first-order valence-electron chi connectivity index (χ1n) is 7.43. The number of hydrogen-bond donors (Lipinski definition) is 1. The lowest BCUT2D eigenvalue weighted by Crippen LogP contribution is -2.18. The van der Waals surface area contributed by atoms with Crippen LogP contribution >= 0.6 is 15.9 Å². The second-order valence-corrected chi connectivity index (χ2v) is 6.62. The molecule has 3 nitrogen and oxygen atoms in total. The maximum Gasteiger partial charge on any atom is 0.0673 e. The molecule has 0 saturated carbocycles. The van der Waals surface area contributed by atoms with E-state index in [2.05, 4.69) is 64.9 Å². The van der Waals surface area contributed by atoms with E-state index in [0.717, 1.165) is 29.7 Å². The molecule has 1 N–H and O–H groups in total. The van der Waals surface area contributed by atoms with Gasteiger partial charge in [-0.2, -0.15) is 5.10 Å². The zero-order valence-electron chi connectivity index (χ0n) is 13.3. The Kier molecular flexibility index (Phi) is 5.59. The van der Waals surface area contributed by atoms with E-state index in [-0.39, 0.29) is 0 Å². The summed E-state index contributed by atoms with van der Waals surface area (Å²) in [5.41, 5.74) is 5.09. The molecule has 0 radical (unpaired) electrons. The van der Waals surface area contributed by atoms with Gasteiger partial charge in [0.05, 0.1) is 12.2 Å². The van der Waals surface area contributed by atoms with Crippen LogP contribution in [-0.2, 0) is 13.0 Å². The molecule has 114 valence electrons. The molecule has 2 rings (SSSR count). The van der Waals surface area contributed by atoms with Gasteiger partial charge in [0.25, 0.3) is 0 Å². The van der Waals surface area contributed by atoms with Crippen molar-refractivity contribution < 1.29 is 0 Å². The van der Waals surface area contributed by atoms with Crippen LogP contribution in [0.15, 0.2) is 28.7 Å². The van der Waals surface area contributed by atoms with E-state index in [1.807, 2.05) is 13.1 Å². The first-order valence-corrected chi connectivity index (χ1v) is 8.23. The molecule has 0 aliphatic rings. The molecule has 0 amide bonds. The van der Waals surface area contributed by atoms with Crippen molar-refractivity contribution in [3.05, 3.63) is 51.3 Å². The molecule has 21 heavy (non-hydrogen) atoms. The Bertz CT molecular complexity index is 604. The van der Waals surface area contributed by atoms with E-state index in [1.54, 1.807) is 0 Å². The van der Waals surface area contributed by atoms with Gasteiger partial charge in [0, 0.05) is 10.2 Å². The van der Waals surface area contributed by atoms with E-state index in [1.165, 1.54) is 16.8 Å². The van der Waals surface area contributed by atoms with Crippen molar-refractivity contribution in [2.75, 3.05) is 13.6 Å². The summed E-state index contributed by atoms with van der Waals surface area (Å²) in [7, 11) is 2.01. The van der Waals surface area contributed by atoms with E-state index in [9.17, 15) is 0 Å². The average molecular weight is 350 g/mol. The van der Waals surface area contributed by atoms with Crippen molar-refractivity contribution in [1.29, 1.82) is 0 Å². The van der Waals surface area contributed by atoms with Crippen LogP contribution in [-0.4, -0.2) is 23.4 Å². The van der Waals surface area contributed by atoms with Crippen molar-refractivity contribution in [2.24, 2.45) is 5.92 Å². The fourth-order valence-corrected chi connectivity index (χ4v) is 3.15. The lowest BCUT2D eigenvalue weighted by molar-refractivity contribution is 0.538. The number of aromatic nitrogens is 2. The summed E-state index contributed by atoms with van der Waals surface area (Å²) in [6.07, 6.45) is 1.08. The highest BCUT2D eigenvalue weighted by Crippen LogP contribution is 2.21. The average Bonchev–Trinajstić information content (AvgIpc) is 2.69. The van der Waals surface area contributed by atoms with Gasteiger partial charge in [-0.05, 0) is 57.0 Å². The monoisotopic (exact) mass is 349 g/mol.